The molecule has 0 spiro atoms. The second-order valence-corrected chi connectivity index (χ2v) is 5.87. The van der Waals surface area contributed by atoms with Gasteiger partial charge in [-0.2, -0.15) is 0 Å². The summed E-state index contributed by atoms with van der Waals surface area (Å²) in [5, 5.41) is 1.07. The van der Waals surface area contributed by atoms with E-state index >= 15 is 0 Å². The first kappa shape index (κ1) is 15.4. The lowest BCUT2D eigenvalue weighted by atomic mass is 9.87. The number of hydrogen-bond donors (Lipinski definition) is 1. The molecule has 0 aliphatic heterocycles. The van der Waals surface area contributed by atoms with E-state index in [1.165, 1.54) is 5.56 Å². The predicted octanol–water partition coefficient (Wildman–Crippen LogP) is 4.54. The van der Waals surface area contributed by atoms with E-state index in [1.54, 1.807) is 6.33 Å². The summed E-state index contributed by atoms with van der Waals surface area (Å²) < 4.78 is 5.80. The number of ether oxygens (including phenoxy) is 1. The molecule has 0 amide bonds. The molecule has 0 aliphatic carbocycles. The molecule has 25 heavy (non-hydrogen) atoms. The van der Waals surface area contributed by atoms with Crippen LogP contribution in [0, 0.1) is 0 Å². The lowest BCUT2D eigenvalue weighted by Gasteiger charge is -2.19. The van der Waals surface area contributed by atoms with Crippen LogP contribution in [0.4, 0.5) is 0 Å². The smallest absolute Gasteiger partial charge is 0.120 e. The maximum atomic E-state index is 5.80. The summed E-state index contributed by atoms with van der Waals surface area (Å²) >= 11 is 0. The van der Waals surface area contributed by atoms with Crippen LogP contribution >= 0.6 is 0 Å². The zero-order valence-corrected chi connectivity index (χ0v) is 14.0. The Morgan fingerprint density at radius 2 is 1.96 bits per heavy atom. The highest BCUT2D eigenvalue weighted by Crippen LogP contribution is 2.36. The van der Waals surface area contributed by atoms with Gasteiger partial charge >= 0.3 is 0 Å². The number of pyridine rings is 1. The summed E-state index contributed by atoms with van der Waals surface area (Å²) in [4.78, 5) is 12.1. The second kappa shape index (κ2) is 6.77. The molecule has 0 saturated heterocycles. The monoisotopic (exact) mass is 329 g/mol. The van der Waals surface area contributed by atoms with Gasteiger partial charge in [0.25, 0.3) is 0 Å². The van der Waals surface area contributed by atoms with E-state index in [0.29, 0.717) is 6.61 Å². The number of nitrogens with zero attached hydrogens (tertiary/aromatic N) is 2. The number of hydrogen-bond acceptors (Lipinski definition) is 3. The van der Waals surface area contributed by atoms with Crippen molar-refractivity contribution in [2.75, 3.05) is 6.61 Å². The first-order valence-electron chi connectivity index (χ1n) is 8.41. The molecule has 0 saturated carbocycles. The van der Waals surface area contributed by atoms with E-state index in [0.717, 1.165) is 27.9 Å². The van der Waals surface area contributed by atoms with Gasteiger partial charge in [-0.05, 0) is 36.2 Å². The quantitative estimate of drug-likeness (QED) is 0.585. The Hall–Kier alpha value is -3.14. The van der Waals surface area contributed by atoms with Gasteiger partial charge in [-0.1, -0.05) is 36.4 Å². The minimum absolute atomic E-state index is 0.0153. The van der Waals surface area contributed by atoms with Gasteiger partial charge in [-0.3, -0.25) is 4.98 Å². The van der Waals surface area contributed by atoms with Crippen LogP contribution in [0.1, 0.15) is 29.7 Å². The highest BCUT2D eigenvalue weighted by molar-refractivity contribution is 5.84. The van der Waals surface area contributed by atoms with Crippen molar-refractivity contribution in [1.82, 2.24) is 15.0 Å². The molecule has 0 bridgehead atoms. The van der Waals surface area contributed by atoms with Gasteiger partial charge in [-0.15, -0.1) is 0 Å². The summed E-state index contributed by atoms with van der Waals surface area (Å²) in [7, 11) is 0. The molecule has 2 aromatic heterocycles. The molecule has 4 heteroatoms. The van der Waals surface area contributed by atoms with Crippen molar-refractivity contribution in [3.63, 3.8) is 0 Å². The fourth-order valence-electron chi connectivity index (χ4n) is 3.26. The van der Waals surface area contributed by atoms with Crippen LogP contribution in [0.5, 0.6) is 5.75 Å². The van der Waals surface area contributed by atoms with Crippen LogP contribution in [0.2, 0.25) is 0 Å². The van der Waals surface area contributed by atoms with E-state index in [-0.39, 0.29) is 5.92 Å². The zero-order valence-electron chi connectivity index (χ0n) is 14.0. The Kier molecular flexibility index (Phi) is 4.17. The van der Waals surface area contributed by atoms with E-state index in [2.05, 4.69) is 51.4 Å². The largest absolute Gasteiger partial charge is 0.494 e. The second-order valence-electron chi connectivity index (χ2n) is 5.87. The van der Waals surface area contributed by atoms with Crippen LogP contribution in [0.15, 0.2) is 73.3 Å². The number of rotatable bonds is 5. The van der Waals surface area contributed by atoms with Gasteiger partial charge in [0.2, 0.25) is 0 Å². The van der Waals surface area contributed by atoms with Crippen molar-refractivity contribution in [1.29, 1.82) is 0 Å². The van der Waals surface area contributed by atoms with Crippen molar-refractivity contribution in [2.24, 2.45) is 0 Å². The molecule has 0 radical (unpaired) electrons. The molecule has 4 nitrogen and oxygen atoms in total. The van der Waals surface area contributed by atoms with Gasteiger partial charge in [0.15, 0.2) is 0 Å². The third-order valence-electron chi connectivity index (χ3n) is 4.29. The predicted molar refractivity (Wildman–Crippen MR) is 98.9 cm³/mol. The molecule has 2 aromatic carbocycles. The summed E-state index contributed by atoms with van der Waals surface area (Å²) in [5.74, 6) is 0.875. The molecule has 1 unspecified atom stereocenters. The van der Waals surface area contributed by atoms with Gasteiger partial charge < -0.3 is 9.72 Å². The lowest BCUT2D eigenvalue weighted by molar-refractivity contribution is 0.340. The first-order valence-corrected chi connectivity index (χ1v) is 8.41. The summed E-state index contributed by atoms with van der Waals surface area (Å²) in [5.41, 5.74) is 4.31. The van der Waals surface area contributed by atoms with Gasteiger partial charge in [0.05, 0.1) is 24.4 Å². The van der Waals surface area contributed by atoms with Crippen LogP contribution < -0.4 is 4.74 Å². The van der Waals surface area contributed by atoms with Gasteiger partial charge in [0, 0.05) is 23.5 Å². The fourth-order valence-corrected chi connectivity index (χ4v) is 3.26. The Bertz CT molecular complexity index is 965. The van der Waals surface area contributed by atoms with Gasteiger partial charge in [0.1, 0.15) is 5.75 Å². The number of imidazole rings is 1. The minimum Gasteiger partial charge on any atom is -0.494 e. The Morgan fingerprint density at radius 3 is 2.72 bits per heavy atom. The molecule has 4 rings (SSSR count). The molecular formula is C21H19N3O. The number of aromatic amines is 1. The molecule has 0 fully saturated rings. The minimum atomic E-state index is 0.0153. The van der Waals surface area contributed by atoms with Crippen molar-refractivity contribution in [3.05, 3.63) is 90.1 Å². The summed E-state index contributed by atoms with van der Waals surface area (Å²) in [6.45, 7) is 2.63. The van der Waals surface area contributed by atoms with Gasteiger partial charge in [-0.25, -0.2) is 4.98 Å². The number of H-pyrrole nitrogens is 1. The molecule has 2 heterocycles. The zero-order chi connectivity index (χ0) is 17.1. The first-order chi connectivity index (χ1) is 12.4. The molecule has 4 aromatic rings. The van der Waals surface area contributed by atoms with Crippen molar-refractivity contribution >= 4 is 10.9 Å². The molecule has 1 atom stereocenters. The third-order valence-corrected chi connectivity index (χ3v) is 4.29. The highest BCUT2D eigenvalue weighted by Gasteiger charge is 2.22. The van der Waals surface area contributed by atoms with Crippen LogP contribution in [0.3, 0.4) is 0 Å². The number of nitrogens with one attached hydrogen (secondary N) is 1. The molecule has 0 aliphatic rings. The summed E-state index contributed by atoms with van der Waals surface area (Å²) in [6, 6.07) is 18.6. The number of benzene rings is 2. The Labute approximate surface area is 146 Å². The van der Waals surface area contributed by atoms with Crippen molar-refractivity contribution in [3.8, 4) is 5.75 Å². The molecular weight excluding hydrogens is 310 g/mol. The lowest BCUT2D eigenvalue weighted by Crippen LogP contribution is -2.06. The third kappa shape index (κ3) is 2.98. The fraction of sp³-hybridized carbons (Fsp3) is 0.143. The molecule has 1 N–H and O–H groups in total. The van der Waals surface area contributed by atoms with Crippen LogP contribution in [0.25, 0.3) is 10.9 Å². The highest BCUT2D eigenvalue weighted by atomic mass is 16.5. The van der Waals surface area contributed by atoms with Crippen molar-refractivity contribution < 1.29 is 4.74 Å². The van der Waals surface area contributed by atoms with Crippen LogP contribution in [-0.2, 0) is 0 Å². The SMILES string of the molecule is CCOc1cc(C(c2ccccc2)c2cnc[nH]2)c2ncccc2c1. The maximum Gasteiger partial charge on any atom is 0.120 e. The Balaban J connectivity index is 1.98. The average Bonchev–Trinajstić information content (AvgIpc) is 3.17. The van der Waals surface area contributed by atoms with Crippen molar-refractivity contribution in [2.45, 2.75) is 12.8 Å². The summed E-state index contributed by atoms with van der Waals surface area (Å²) in [6.07, 6.45) is 5.42. The van der Waals surface area contributed by atoms with Crippen LogP contribution in [-0.4, -0.2) is 21.6 Å². The standard InChI is InChI=1S/C21H19N3O/c1-2-25-17-11-16-9-6-10-23-21(16)18(12-17)20(19-13-22-14-24-19)15-7-4-3-5-8-15/h3-14,20H,2H2,1H3,(H,22,24). The maximum absolute atomic E-state index is 5.80. The van der Waals surface area contributed by atoms with E-state index in [1.807, 2.05) is 37.5 Å². The topological polar surface area (TPSA) is 50.8 Å². The van der Waals surface area contributed by atoms with E-state index in [9.17, 15) is 0 Å². The Morgan fingerprint density at radius 1 is 1.08 bits per heavy atom. The number of aromatic nitrogens is 3. The van der Waals surface area contributed by atoms with E-state index < -0.39 is 0 Å². The van der Waals surface area contributed by atoms with E-state index in [4.69, 9.17) is 4.74 Å². The normalized spacial score (nSPS) is 12.2. The molecule has 124 valence electrons. The number of fused-ring (bicyclic) bond motifs is 1. The average molecular weight is 329 g/mol.